The number of hydrogen-bond donors (Lipinski definition) is 1. The molecule has 0 bridgehead atoms. The third kappa shape index (κ3) is 4.49. The Morgan fingerprint density at radius 3 is 2.84 bits per heavy atom. The molecule has 1 saturated heterocycles. The van der Waals surface area contributed by atoms with Crippen LogP contribution in [0.3, 0.4) is 0 Å². The van der Waals surface area contributed by atoms with Crippen LogP contribution >= 0.6 is 0 Å². The first-order chi connectivity index (χ1) is 9.29. The van der Waals surface area contributed by atoms with Crippen molar-refractivity contribution >= 4 is 0 Å². The molecular weight excluding hydrogens is 240 g/mol. The molecule has 4 heteroatoms. The van der Waals surface area contributed by atoms with Gasteiger partial charge in [-0.2, -0.15) is 0 Å². The molecule has 1 heterocycles. The van der Waals surface area contributed by atoms with Crippen molar-refractivity contribution in [1.82, 2.24) is 4.90 Å². The van der Waals surface area contributed by atoms with Gasteiger partial charge in [0.05, 0.1) is 13.2 Å². The van der Waals surface area contributed by atoms with Crippen LogP contribution in [-0.4, -0.2) is 50.4 Å². The van der Waals surface area contributed by atoms with Gasteiger partial charge < -0.3 is 15.2 Å². The maximum Gasteiger partial charge on any atom is 0.119 e. The minimum atomic E-state index is 0.490. The van der Waals surface area contributed by atoms with E-state index < -0.39 is 0 Å². The molecule has 4 nitrogen and oxygen atoms in total. The van der Waals surface area contributed by atoms with Crippen molar-refractivity contribution in [3.05, 3.63) is 29.8 Å². The monoisotopic (exact) mass is 264 g/mol. The van der Waals surface area contributed by atoms with Crippen molar-refractivity contribution < 1.29 is 9.47 Å². The maximum absolute atomic E-state index is 5.78. The van der Waals surface area contributed by atoms with Gasteiger partial charge in [0.15, 0.2) is 0 Å². The highest BCUT2D eigenvalue weighted by Gasteiger charge is 2.17. The summed E-state index contributed by atoms with van der Waals surface area (Å²) in [4.78, 5) is 2.41. The summed E-state index contributed by atoms with van der Waals surface area (Å²) in [5, 5.41) is 0. The Labute approximate surface area is 115 Å². The van der Waals surface area contributed by atoms with E-state index in [1.165, 1.54) is 5.56 Å². The first-order valence-electron chi connectivity index (χ1n) is 7.03. The Kier molecular flexibility index (Phi) is 5.63. The summed E-state index contributed by atoms with van der Waals surface area (Å²) >= 11 is 0. The van der Waals surface area contributed by atoms with Crippen molar-refractivity contribution in [3.8, 4) is 5.75 Å². The quantitative estimate of drug-likeness (QED) is 0.841. The number of nitrogens with two attached hydrogens (primary N) is 1. The molecule has 1 aromatic carbocycles. The number of rotatable bonds is 6. The van der Waals surface area contributed by atoms with E-state index in [-0.39, 0.29) is 0 Å². The second-order valence-electron chi connectivity index (χ2n) is 4.99. The molecular formula is C15H24N2O2. The summed E-state index contributed by atoms with van der Waals surface area (Å²) < 4.78 is 11.2. The lowest BCUT2D eigenvalue weighted by atomic mass is 10.1. The number of benzene rings is 1. The molecule has 0 saturated carbocycles. The van der Waals surface area contributed by atoms with E-state index in [9.17, 15) is 0 Å². The van der Waals surface area contributed by atoms with Crippen LogP contribution in [-0.2, 0) is 11.2 Å². The van der Waals surface area contributed by atoms with Crippen molar-refractivity contribution in [2.75, 3.05) is 39.5 Å². The first kappa shape index (κ1) is 14.3. The first-order valence-corrected chi connectivity index (χ1v) is 7.03. The third-order valence-corrected chi connectivity index (χ3v) is 3.51. The molecule has 1 atom stereocenters. The molecule has 106 valence electrons. The van der Waals surface area contributed by atoms with Crippen LogP contribution in [0, 0.1) is 0 Å². The SMILES string of the molecule is CC1COCCN1CCOc1ccc(CCN)cc1. The van der Waals surface area contributed by atoms with Gasteiger partial charge in [0.25, 0.3) is 0 Å². The molecule has 1 fully saturated rings. The number of nitrogens with zero attached hydrogens (tertiary/aromatic N) is 1. The minimum absolute atomic E-state index is 0.490. The van der Waals surface area contributed by atoms with E-state index in [2.05, 4.69) is 24.0 Å². The highest BCUT2D eigenvalue weighted by atomic mass is 16.5. The van der Waals surface area contributed by atoms with E-state index >= 15 is 0 Å². The Morgan fingerprint density at radius 1 is 1.37 bits per heavy atom. The van der Waals surface area contributed by atoms with Gasteiger partial charge in [-0.15, -0.1) is 0 Å². The highest BCUT2D eigenvalue weighted by Crippen LogP contribution is 2.13. The third-order valence-electron chi connectivity index (χ3n) is 3.51. The predicted molar refractivity (Wildman–Crippen MR) is 76.5 cm³/mol. The van der Waals surface area contributed by atoms with E-state index in [0.29, 0.717) is 12.6 Å². The zero-order chi connectivity index (χ0) is 13.5. The fraction of sp³-hybridized carbons (Fsp3) is 0.600. The molecule has 1 aliphatic heterocycles. The predicted octanol–water partition coefficient (Wildman–Crippen LogP) is 1.29. The molecule has 1 aromatic rings. The van der Waals surface area contributed by atoms with E-state index in [0.717, 1.165) is 45.1 Å². The summed E-state index contributed by atoms with van der Waals surface area (Å²) in [6.07, 6.45) is 0.922. The van der Waals surface area contributed by atoms with Gasteiger partial charge in [0.1, 0.15) is 12.4 Å². The van der Waals surface area contributed by atoms with Crippen LogP contribution < -0.4 is 10.5 Å². The van der Waals surface area contributed by atoms with Gasteiger partial charge in [-0.1, -0.05) is 12.1 Å². The molecule has 0 radical (unpaired) electrons. The van der Waals surface area contributed by atoms with Crippen LogP contribution in [0.4, 0.5) is 0 Å². The van der Waals surface area contributed by atoms with Crippen molar-refractivity contribution in [2.24, 2.45) is 5.73 Å². The van der Waals surface area contributed by atoms with E-state index in [1.807, 2.05) is 12.1 Å². The summed E-state index contributed by atoms with van der Waals surface area (Å²) in [5.41, 5.74) is 6.79. The molecule has 2 rings (SSSR count). The fourth-order valence-corrected chi connectivity index (χ4v) is 2.29. The van der Waals surface area contributed by atoms with Crippen LogP contribution in [0.5, 0.6) is 5.75 Å². The van der Waals surface area contributed by atoms with Gasteiger partial charge in [0, 0.05) is 19.1 Å². The highest BCUT2D eigenvalue weighted by molar-refractivity contribution is 5.27. The van der Waals surface area contributed by atoms with Crippen LogP contribution in [0.25, 0.3) is 0 Å². The van der Waals surface area contributed by atoms with Crippen molar-refractivity contribution in [3.63, 3.8) is 0 Å². The van der Waals surface area contributed by atoms with Crippen molar-refractivity contribution in [1.29, 1.82) is 0 Å². The van der Waals surface area contributed by atoms with Gasteiger partial charge in [0.2, 0.25) is 0 Å². The second kappa shape index (κ2) is 7.48. The largest absolute Gasteiger partial charge is 0.492 e. The molecule has 19 heavy (non-hydrogen) atoms. The summed E-state index contributed by atoms with van der Waals surface area (Å²) in [7, 11) is 0. The fourth-order valence-electron chi connectivity index (χ4n) is 2.29. The van der Waals surface area contributed by atoms with Crippen LogP contribution in [0.1, 0.15) is 12.5 Å². The number of hydrogen-bond acceptors (Lipinski definition) is 4. The molecule has 2 N–H and O–H groups in total. The summed E-state index contributed by atoms with van der Waals surface area (Å²) in [6.45, 7) is 7.22. The van der Waals surface area contributed by atoms with Crippen molar-refractivity contribution in [2.45, 2.75) is 19.4 Å². The number of ether oxygens (including phenoxy) is 2. The van der Waals surface area contributed by atoms with Crippen LogP contribution in [0.2, 0.25) is 0 Å². The normalized spacial score (nSPS) is 20.4. The smallest absolute Gasteiger partial charge is 0.119 e. The lowest BCUT2D eigenvalue weighted by Crippen LogP contribution is -2.45. The van der Waals surface area contributed by atoms with Gasteiger partial charge >= 0.3 is 0 Å². The average molecular weight is 264 g/mol. The lowest BCUT2D eigenvalue weighted by Gasteiger charge is -2.32. The Morgan fingerprint density at radius 2 is 2.16 bits per heavy atom. The van der Waals surface area contributed by atoms with Crippen LogP contribution in [0.15, 0.2) is 24.3 Å². The summed E-state index contributed by atoms with van der Waals surface area (Å²) in [6, 6.07) is 8.70. The Balaban J connectivity index is 1.72. The zero-order valence-corrected chi connectivity index (χ0v) is 11.7. The van der Waals surface area contributed by atoms with Gasteiger partial charge in [-0.05, 0) is 37.6 Å². The Bertz CT molecular complexity index is 367. The second-order valence-corrected chi connectivity index (χ2v) is 4.99. The summed E-state index contributed by atoms with van der Waals surface area (Å²) in [5.74, 6) is 0.932. The van der Waals surface area contributed by atoms with E-state index in [1.54, 1.807) is 0 Å². The molecule has 0 aliphatic carbocycles. The van der Waals surface area contributed by atoms with E-state index in [4.69, 9.17) is 15.2 Å². The lowest BCUT2D eigenvalue weighted by molar-refractivity contribution is -0.00514. The molecule has 0 amide bonds. The van der Waals surface area contributed by atoms with Gasteiger partial charge in [-0.3, -0.25) is 4.90 Å². The standard InChI is InChI=1S/C15H24N2O2/c1-13-12-18-10-8-17(13)9-11-19-15-4-2-14(3-5-15)6-7-16/h2-5,13H,6-12,16H2,1H3. The topological polar surface area (TPSA) is 47.7 Å². The zero-order valence-electron chi connectivity index (χ0n) is 11.7. The molecule has 0 spiro atoms. The Hall–Kier alpha value is -1.10. The molecule has 0 aromatic heterocycles. The average Bonchev–Trinajstić information content (AvgIpc) is 2.43. The number of morpholine rings is 1. The molecule has 1 aliphatic rings. The van der Waals surface area contributed by atoms with Gasteiger partial charge in [-0.25, -0.2) is 0 Å². The maximum atomic E-state index is 5.78. The molecule has 1 unspecified atom stereocenters. The minimum Gasteiger partial charge on any atom is -0.492 e.